The van der Waals surface area contributed by atoms with Crippen LogP contribution in [0.4, 0.5) is 0 Å². The first kappa shape index (κ1) is 33.1. The van der Waals surface area contributed by atoms with E-state index in [4.69, 9.17) is 13.9 Å². The second-order valence-corrected chi connectivity index (χ2v) is 18.5. The van der Waals surface area contributed by atoms with Gasteiger partial charge in [-0.05, 0) is 48.3 Å². The van der Waals surface area contributed by atoms with Gasteiger partial charge in [-0.1, -0.05) is 99.1 Å². The number of nitrogens with one attached hydrogen (secondary N) is 1. The van der Waals surface area contributed by atoms with E-state index in [0.29, 0.717) is 0 Å². The third-order valence-electron chi connectivity index (χ3n) is 7.53. The molecule has 0 unspecified atom stereocenters. The Bertz CT molecular complexity index is 1300. The highest BCUT2D eigenvalue weighted by Crippen LogP contribution is 2.36. The topological polar surface area (TPSA) is 94.1 Å². The van der Waals surface area contributed by atoms with Crippen molar-refractivity contribution in [1.82, 2.24) is 4.72 Å². The fraction of sp³-hybridized carbons (Fsp3) is 0.438. The smallest absolute Gasteiger partial charge is 0.240 e. The van der Waals surface area contributed by atoms with Crippen LogP contribution in [0.5, 0.6) is 0 Å². The summed E-state index contributed by atoms with van der Waals surface area (Å²) in [7, 11) is -6.15. The minimum Gasteiger partial charge on any atom is -0.414 e. The normalized spacial score (nSPS) is 14.9. The van der Waals surface area contributed by atoms with E-state index in [1.165, 1.54) is 0 Å². The predicted octanol–water partition coefficient (Wildman–Crippen LogP) is 5.83. The first-order chi connectivity index (χ1) is 19.3. The summed E-state index contributed by atoms with van der Waals surface area (Å²) in [5, 5.41) is 11.4. The number of sulfonamides is 1. The molecule has 3 atom stereocenters. The van der Waals surface area contributed by atoms with E-state index in [2.05, 4.69) is 38.6 Å². The molecule has 0 aliphatic carbocycles. The van der Waals surface area contributed by atoms with E-state index >= 15 is 0 Å². The molecule has 0 bridgehead atoms. The molecule has 41 heavy (non-hydrogen) atoms. The van der Waals surface area contributed by atoms with Crippen LogP contribution in [0.3, 0.4) is 0 Å². The van der Waals surface area contributed by atoms with E-state index in [-0.39, 0.29) is 36.4 Å². The van der Waals surface area contributed by atoms with Gasteiger partial charge in [-0.25, -0.2) is 13.1 Å². The summed E-state index contributed by atoms with van der Waals surface area (Å²) >= 11 is 0. The summed E-state index contributed by atoms with van der Waals surface area (Å²) < 4.78 is 48.4. The van der Waals surface area contributed by atoms with Crippen LogP contribution < -0.4 is 4.72 Å². The molecule has 0 fully saturated rings. The molecule has 0 aliphatic heterocycles. The third-order valence-corrected chi connectivity index (χ3v) is 13.5. The van der Waals surface area contributed by atoms with Crippen molar-refractivity contribution in [2.45, 2.75) is 82.2 Å². The Balaban J connectivity index is 1.89. The van der Waals surface area contributed by atoms with Gasteiger partial charge in [-0.2, -0.15) is 0 Å². The van der Waals surface area contributed by atoms with Crippen molar-refractivity contribution in [3.05, 3.63) is 102 Å². The number of ether oxygens (including phenoxy) is 2. The maximum atomic E-state index is 13.5. The van der Waals surface area contributed by atoms with Gasteiger partial charge in [0.25, 0.3) is 0 Å². The Morgan fingerprint density at radius 1 is 0.829 bits per heavy atom. The first-order valence-electron chi connectivity index (χ1n) is 14.0. The zero-order valence-electron chi connectivity index (χ0n) is 25.0. The van der Waals surface area contributed by atoms with Gasteiger partial charge < -0.3 is 19.0 Å². The SMILES string of the molecule is Cc1ccc(S(=O)(=O)N[C@H](COCc2ccccc2)[C@@H](OCc2ccccc2)[C@H](O)CO[Si](C)(C)C(C)(C)C)cc1. The van der Waals surface area contributed by atoms with Crippen LogP contribution in [-0.2, 0) is 37.1 Å². The number of hydrogen-bond acceptors (Lipinski definition) is 6. The molecule has 3 rings (SSSR count). The second-order valence-electron chi connectivity index (χ2n) is 11.9. The Labute approximate surface area is 247 Å². The van der Waals surface area contributed by atoms with Crippen LogP contribution >= 0.6 is 0 Å². The Hall–Kier alpha value is -2.37. The van der Waals surface area contributed by atoms with E-state index < -0.39 is 36.6 Å². The summed E-state index contributed by atoms with van der Waals surface area (Å²) in [6, 6.07) is 25.0. The fourth-order valence-electron chi connectivity index (χ4n) is 3.93. The number of aliphatic hydroxyl groups excluding tert-OH is 1. The number of rotatable bonds is 15. The number of hydrogen-bond donors (Lipinski definition) is 2. The Morgan fingerprint density at radius 2 is 1.37 bits per heavy atom. The number of benzene rings is 3. The van der Waals surface area contributed by atoms with Gasteiger partial charge in [0.1, 0.15) is 12.2 Å². The van der Waals surface area contributed by atoms with E-state index in [0.717, 1.165) is 16.7 Å². The summed E-state index contributed by atoms with van der Waals surface area (Å²) in [6.45, 7) is 13.0. The van der Waals surface area contributed by atoms with Crippen LogP contribution in [0, 0.1) is 6.92 Å². The quantitative estimate of drug-likeness (QED) is 0.214. The maximum Gasteiger partial charge on any atom is 0.240 e. The molecular formula is C32H45NO6SSi. The highest BCUT2D eigenvalue weighted by Gasteiger charge is 2.40. The van der Waals surface area contributed by atoms with E-state index in [1.807, 2.05) is 67.6 Å². The average molecular weight is 600 g/mol. The highest BCUT2D eigenvalue weighted by molar-refractivity contribution is 7.89. The molecule has 9 heteroatoms. The molecule has 3 aromatic rings. The van der Waals surface area contributed by atoms with Gasteiger partial charge >= 0.3 is 0 Å². The molecule has 3 aromatic carbocycles. The lowest BCUT2D eigenvalue weighted by molar-refractivity contribution is -0.0887. The molecule has 0 amide bonds. The van der Waals surface area contributed by atoms with E-state index in [1.54, 1.807) is 24.3 Å². The standard InChI is InChI=1S/C32H45NO6SSi/c1-25-17-19-28(20-18-25)40(35,36)33-29(23-37-21-26-13-9-7-10-14-26)31(38-22-27-15-11-8-12-16-27)30(34)24-39-41(5,6)32(2,3)4/h7-20,29-31,33-34H,21-24H2,1-6H3/t29-,30-,31-/m1/s1. The Morgan fingerprint density at radius 3 is 1.90 bits per heavy atom. The van der Waals surface area contributed by atoms with E-state index in [9.17, 15) is 13.5 Å². The van der Waals surface area contributed by atoms with Gasteiger partial charge in [-0.3, -0.25) is 0 Å². The zero-order valence-corrected chi connectivity index (χ0v) is 26.9. The molecule has 0 aromatic heterocycles. The lowest BCUT2D eigenvalue weighted by atomic mass is 10.1. The van der Waals surface area contributed by atoms with Crippen LogP contribution in [0.1, 0.15) is 37.5 Å². The molecule has 7 nitrogen and oxygen atoms in total. The molecular weight excluding hydrogens is 555 g/mol. The van der Waals surface area contributed by atoms with Gasteiger partial charge in [-0.15, -0.1) is 0 Å². The van der Waals surface area contributed by atoms with Crippen molar-refractivity contribution in [1.29, 1.82) is 0 Å². The summed E-state index contributed by atoms with van der Waals surface area (Å²) in [5.74, 6) is 0. The Kier molecular flexibility index (Phi) is 11.9. The molecule has 2 N–H and O–H groups in total. The van der Waals surface area contributed by atoms with Crippen molar-refractivity contribution in [2.75, 3.05) is 13.2 Å². The van der Waals surface area contributed by atoms with Gasteiger partial charge in [0, 0.05) is 0 Å². The molecule has 0 aliphatic rings. The second kappa shape index (κ2) is 14.7. The van der Waals surface area contributed by atoms with Crippen LogP contribution in [-0.4, -0.2) is 53.3 Å². The van der Waals surface area contributed by atoms with Gasteiger partial charge in [0.15, 0.2) is 8.32 Å². The fourth-order valence-corrected chi connectivity index (χ4v) is 6.18. The highest BCUT2D eigenvalue weighted by atomic mass is 32.2. The summed E-state index contributed by atoms with van der Waals surface area (Å²) in [6.07, 6.45) is -2.06. The average Bonchev–Trinajstić information content (AvgIpc) is 2.92. The molecule has 0 saturated carbocycles. The maximum absolute atomic E-state index is 13.5. The minimum absolute atomic E-state index is 0.0113. The van der Waals surface area contributed by atoms with Crippen molar-refractivity contribution >= 4 is 18.3 Å². The summed E-state index contributed by atoms with van der Waals surface area (Å²) in [4.78, 5) is 0.130. The van der Waals surface area contributed by atoms with Crippen molar-refractivity contribution in [3.8, 4) is 0 Å². The number of aliphatic hydroxyl groups is 1. The molecule has 0 heterocycles. The van der Waals surface area contributed by atoms with Crippen LogP contribution in [0.15, 0.2) is 89.8 Å². The van der Waals surface area contributed by atoms with Crippen LogP contribution in [0.2, 0.25) is 18.1 Å². The third kappa shape index (κ3) is 10.1. The van der Waals surface area contributed by atoms with Crippen LogP contribution in [0.25, 0.3) is 0 Å². The lowest BCUT2D eigenvalue weighted by Crippen LogP contribution is -2.54. The van der Waals surface area contributed by atoms with Crippen molar-refractivity contribution in [3.63, 3.8) is 0 Å². The largest absolute Gasteiger partial charge is 0.414 e. The minimum atomic E-state index is -3.95. The first-order valence-corrected chi connectivity index (χ1v) is 18.4. The van der Waals surface area contributed by atoms with Crippen molar-refractivity contribution in [2.24, 2.45) is 0 Å². The van der Waals surface area contributed by atoms with Crippen molar-refractivity contribution < 1.29 is 27.4 Å². The van der Waals surface area contributed by atoms with Gasteiger partial charge in [0.2, 0.25) is 10.0 Å². The molecule has 0 saturated heterocycles. The summed E-state index contributed by atoms with van der Waals surface area (Å²) in [5.41, 5.74) is 2.81. The van der Waals surface area contributed by atoms with Gasteiger partial charge in [0.05, 0.1) is 37.4 Å². The zero-order chi connectivity index (χ0) is 30.1. The lowest BCUT2D eigenvalue weighted by Gasteiger charge is -2.38. The molecule has 0 radical (unpaired) electrons. The number of aryl methyl sites for hydroxylation is 1. The molecule has 224 valence electrons. The predicted molar refractivity (Wildman–Crippen MR) is 166 cm³/mol. The molecule has 0 spiro atoms. The monoisotopic (exact) mass is 599 g/mol.